The molecule has 4 rings (SSSR count). The molecule has 0 unspecified atom stereocenters. The number of aryl methyl sites for hydroxylation is 2. The summed E-state index contributed by atoms with van der Waals surface area (Å²) in [5, 5.41) is 9.63. The number of nitrogens with two attached hydrogens (primary N) is 1. The fourth-order valence-corrected chi connectivity index (χ4v) is 4.79. The first-order valence-electron chi connectivity index (χ1n) is 8.81. The standard InChI is InChI=1S/C18H18N6O3S2/c1-9-10(2)29-17-14(9)16(26)20-13(21-17)8-28-18-23-22-15(11-4-3-7-27-11)24(18)6-5-12(19)25/h3-4,7H,5-6,8H2,1-2H3,(H2,19,25)(H,20,21,26). The number of H-pyrrole nitrogens is 1. The van der Waals surface area contributed by atoms with Crippen LogP contribution in [-0.2, 0) is 17.1 Å². The van der Waals surface area contributed by atoms with Gasteiger partial charge in [0, 0.05) is 17.8 Å². The molecule has 4 heterocycles. The number of hydrogen-bond acceptors (Lipinski definition) is 8. The zero-order valence-corrected chi connectivity index (χ0v) is 17.4. The fraction of sp³-hybridized carbons (Fsp3) is 0.278. The molecule has 0 saturated heterocycles. The van der Waals surface area contributed by atoms with Gasteiger partial charge in [0.15, 0.2) is 16.7 Å². The second-order valence-electron chi connectivity index (χ2n) is 6.42. The number of furan rings is 1. The molecule has 150 valence electrons. The number of thiophene rings is 1. The van der Waals surface area contributed by atoms with Crippen molar-refractivity contribution in [3.8, 4) is 11.6 Å². The molecule has 11 heteroatoms. The molecular weight excluding hydrogens is 412 g/mol. The summed E-state index contributed by atoms with van der Waals surface area (Å²) in [6.07, 6.45) is 1.69. The smallest absolute Gasteiger partial charge is 0.259 e. The number of aromatic nitrogens is 5. The molecule has 0 radical (unpaired) electrons. The lowest BCUT2D eigenvalue weighted by molar-refractivity contribution is -0.118. The highest BCUT2D eigenvalue weighted by Crippen LogP contribution is 2.28. The SMILES string of the molecule is Cc1sc2nc(CSc3nnc(-c4ccco4)n3CCC(N)=O)[nH]c(=O)c2c1C. The van der Waals surface area contributed by atoms with Gasteiger partial charge in [-0.1, -0.05) is 11.8 Å². The van der Waals surface area contributed by atoms with Gasteiger partial charge in [-0.05, 0) is 31.5 Å². The molecule has 0 bridgehead atoms. The number of nitrogens with zero attached hydrogens (tertiary/aromatic N) is 4. The number of rotatable bonds is 7. The minimum absolute atomic E-state index is 0.140. The maximum atomic E-state index is 12.5. The molecule has 0 saturated carbocycles. The van der Waals surface area contributed by atoms with Gasteiger partial charge in [0.2, 0.25) is 5.91 Å². The van der Waals surface area contributed by atoms with Gasteiger partial charge in [-0.25, -0.2) is 4.98 Å². The van der Waals surface area contributed by atoms with Crippen LogP contribution in [0.1, 0.15) is 22.7 Å². The van der Waals surface area contributed by atoms with Crippen molar-refractivity contribution in [2.75, 3.05) is 0 Å². The summed E-state index contributed by atoms with van der Waals surface area (Å²) < 4.78 is 7.20. The third-order valence-electron chi connectivity index (χ3n) is 4.47. The van der Waals surface area contributed by atoms with Crippen LogP contribution in [0.4, 0.5) is 0 Å². The summed E-state index contributed by atoms with van der Waals surface area (Å²) in [5.74, 6) is 1.60. The van der Waals surface area contributed by atoms with Crippen molar-refractivity contribution in [1.82, 2.24) is 24.7 Å². The Bertz CT molecular complexity index is 1240. The number of nitrogens with one attached hydrogen (secondary N) is 1. The van der Waals surface area contributed by atoms with E-state index in [-0.39, 0.29) is 12.0 Å². The van der Waals surface area contributed by atoms with Gasteiger partial charge >= 0.3 is 0 Å². The zero-order valence-electron chi connectivity index (χ0n) is 15.8. The summed E-state index contributed by atoms with van der Waals surface area (Å²) in [4.78, 5) is 33.0. The van der Waals surface area contributed by atoms with E-state index >= 15 is 0 Å². The monoisotopic (exact) mass is 430 g/mol. The van der Waals surface area contributed by atoms with Crippen molar-refractivity contribution in [1.29, 1.82) is 0 Å². The Morgan fingerprint density at radius 1 is 1.38 bits per heavy atom. The van der Waals surface area contributed by atoms with Crippen molar-refractivity contribution in [3.63, 3.8) is 0 Å². The Morgan fingerprint density at radius 2 is 2.21 bits per heavy atom. The van der Waals surface area contributed by atoms with E-state index in [1.165, 1.54) is 23.1 Å². The predicted molar refractivity (Wildman–Crippen MR) is 111 cm³/mol. The molecule has 0 fully saturated rings. The molecule has 0 spiro atoms. The van der Waals surface area contributed by atoms with Gasteiger partial charge in [0.05, 0.1) is 17.4 Å². The first-order valence-corrected chi connectivity index (χ1v) is 10.6. The summed E-state index contributed by atoms with van der Waals surface area (Å²) in [7, 11) is 0. The molecule has 0 aliphatic rings. The van der Waals surface area contributed by atoms with Crippen molar-refractivity contribution in [2.24, 2.45) is 5.73 Å². The average molecular weight is 431 g/mol. The topological polar surface area (TPSA) is 133 Å². The molecule has 29 heavy (non-hydrogen) atoms. The van der Waals surface area contributed by atoms with Gasteiger partial charge in [-0.15, -0.1) is 21.5 Å². The lowest BCUT2D eigenvalue weighted by atomic mass is 10.2. The van der Waals surface area contributed by atoms with E-state index in [0.29, 0.717) is 40.2 Å². The van der Waals surface area contributed by atoms with Gasteiger partial charge < -0.3 is 15.1 Å². The lowest BCUT2D eigenvalue weighted by Crippen LogP contribution is -2.15. The largest absolute Gasteiger partial charge is 0.461 e. The maximum Gasteiger partial charge on any atom is 0.259 e. The average Bonchev–Trinajstić information content (AvgIpc) is 3.38. The Labute approximate surface area is 173 Å². The number of aromatic amines is 1. The molecule has 9 nitrogen and oxygen atoms in total. The summed E-state index contributed by atoms with van der Waals surface area (Å²) in [6, 6.07) is 3.53. The molecular formula is C18H18N6O3S2. The van der Waals surface area contributed by atoms with Crippen LogP contribution < -0.4 is 11.3 Å². The second kappa shape index (κ2) is 7.84. The molecule has 0 aromatic carbocycles. The van der Waals surface area contributed by atoms with Crippen molar-refractivity contribution >= 4 is 39.2 Å². The Hall–Kier alpha value is -2.92. The third-order valence-corrected chi connectivity index (χ3v) is 6.55. The first kappa shape index (κ1) is 19.4. The summed E-state index contributed by atoms with van der Waals surface area (Å²) >= 11 is 2.87. The van der Waals surface area contributed by atoms with Crippen LogP contribution in [0.5, 0.6) is 0 Å². The number of fused-ring (bicyclic) bond motifs is 1. The predicted octanol–water partition coefficient (Wildman–Crippen LogP) is 2.62. The van der Waals surface area contributed by atoms with Crippen LogP contribution in [-0.4, -0.2) is 30.6 Å². The van der Waals surface area contributed by atoms with E-state index in [1.54, 1.807) is 23.0 Å². The van der Waals surface area contributed by atoms with Gasteiger partial charge in [-0.3, -0.25) is 14.2 Å². The highest BCUT2D eigenvalue weighted by atomic mass is 32.2. The highest BCUT2D eigenvalue weighted by molar-refractivity contribution is 7.98. The van der Waals surface area contributed by atoms with E-state index in [1.807, 2.05) is 13.8 Å². The highest BCUT2D eigenvalue weighted by Gasteiger charge is 2.18. The van der Waals surface area contributed by atoms with Crippen LogP contribution in [0.25, 0.3) is 21.8 Å². The second-order valence-corrected chi connectivity index (χ2v) is 8.56. The van der Waals surface area contributed by atoms with Crippen LogP contribution in [0.3, 0.4) is 0 Å². The van der Waals surface area contributed by atoms with E-state index < -0.39 is 5.91 Å². The van der Waals surface area contributed by atoms with E-state index in [9.17, 15) is 9.59 Å². The molecule has 4 aromatic heterocycles. The molecule has 0 aliphatic carbocycles. The van der Waals surface area contributed by atoms with Crippen LogP contribution in [0.15, 0.2) is 32.8 Å². The van der Waals surface area contributed by atoms with Crippen LogP contribution >= 0.6 is 23.1 Å². The molecule has 0 aliphatic heterocycles. The van der Waals surface area contributed by atoms with E-state index in [2.05, 4.69) is 20.2 Å². The summed E-state index contributed by atoms with van der Waals surface area (Å²) in [5.41, 5.74) is 6.13. The number of amides is 1. The lowest BCUT2D eigenvalue weighted by Gasteiger charge is -2.07. The van der Waals surface area contributed by atoms with Crippen molar-refractivity contribution < 1.29 is 9.21 Å². The normalized spacial score (nSPS) is 11.4. The Morgan fingerprint density at radius 3 is 2.93 bits per heavy atom. The maximum absolute atomic E-state index is 12.5. The van der Waals surface area contributed by atoms with Gasteiger partial charge in [0.1, 0.15) is 10.7 Å². The van der Waals surface area contributed by atoms with E-state index in [4.69, 9.17) is 10.2 Å². The van der Waals surface area contributed by atoms with Gasteiger partial charge in [0.25, 0.3) is 5.56 Å². The zero-order chi connectivity index (χ0) is 20.5. The molecule has 1 amide bonds. The minimum Gasteiger partial charge on any atom is -0.461 e. The minimum atomic E-state index is -0.417. The number of carbonyl (C=O) groups is 1. The quantitative estimate of drug-likeness (QED) is 0.431. The number of hydrogen-bond donors (Lipinski definition) is 2. The first-order chi connectivity index (χ1) is 13.9. The van der Waals surface area contributed by atoms with Gasteiger partial charge in [-0.2, -0.15) is 0 Å². The number of primary amides is 1. The Kier molecular flexibility index (Phi) is 5.24. The van der Waals surface area contributed by atoms with Crippen LogP contribution in [0, 0.1) is 13.8 Å². The molecule has 4 aromatic rings. The van der Waals surface area contributed by atoms with Crippen molar-refractivity contribution in [3.05, 3.63) is 45.0 Å². The third kappa shape index (κ3) is 3.83. The number of thioether (sulfide) groups is 1. The van der Waals surface area contributed by atoms with Crippen LogP contribution in [0.2, 0.25) is 0 Å². The fourth-order valence-electron chi connectivity index (χ4n) is 2.91. The Balaban J connectivity index is 1.62. The summed E-state index contributed by atoms with van der Waals surface area (Å²) in [6.45, 7) is 4.23. The number of carbonyl (C=O) groups excluding carboxylic acids is 1. The van der Waals surface area contributed by atoms with Crippen molar-refractivity contribution in [2.45, 2.75) is 37.7 Å². The van der Waals surface area contributed by atoms with E-state index in [0.717, 1.165) is 15.3 Å². The molecule has 0 atom stereocenters. The molecule has 3 N–H and O–H groups in total.